The topological polar surface area (TPSA) is 137 Å². The summed E-state index contributed by atoms with van der Waals surface area (Å²) in [6.45, 7) is 0.326. The molecule has 0 radical (unpaired) electrons. The van der Waals surface area contributed by atoms with Gasteiger partial charge in [0.2, 0.25) is 0 Å². The molecule has 1 heterocycles. The standard InChI is InChI=1S/C21H23N5O3.C2HF3O2/c1-26(2)20(27)18-10-15(16-12-23-24-13-16)7-8-19(18)25-21(28)22-11-14-5-4-6-17(9-14)29-3;3-2(4,5)1(6)7/h4-10,12-13H,11H2,1-3H3,(H,23,24)(H2,22,25,28);(H,6,7). The number of carboxylic acids is 1. The average molecular weight is 507 g/mol. The van der Waals surface area contributed by atoms with Gasteiger partial charge >= 0.3 is 18.2 Å². The lowest BCUT2D eigenvalue weighted by molar-refractivity contribution is -0.192. The van der Waals surface area contributed by atoms with Crippen molar-refractivity contribution < 1.29 is 37.4 Å². The van der Waals surface area contributed by atoms with E-state index in [2.05, 4.69) is 20.8 Å². The maximum Gasteiger partial charge on any atom is 0.490 e. The molecule has 4 N–H and O–H groups in total. The van der Waals surface area contributed by atoms with E-state index in [0.717, 1.165) is 22.4 Å². The highest BCUT2D eigenvalue weighted by atomic mass is 19.4. The van der Waals surface area contributed by atoms with Gasteiger partial charge in [0.1, 0.15) is 5.75 Å². The number of amides is 3. The van der Waals surface area contributed by atoms with E-state index in [1.165, 1.54) is 4.90 Å². The van der Waals surface area contributed by atoms with Gasteiger partial charge in [-0.1, -0.05) is 18.2 Å². The Labute approximate surface area is 204 Å². The van der Waals surface area contributed by atoms with E-state index < -0.39 is 18.2 Å². The Morgan fingerprint density at radius 3 is 2.36 bits per heavy atom. The van der Waals surface area contributed by atoms with Crippen molar-refractivity contribution in [1.82, 2.24) is 20.4 Å². The SMILES string of the molecule is COc1cccc(CNC(=O)Nc2ccc(-c3cn[nH]c3)cc2C(=O)N(C)C)c1.O=C(O)C(F)(F)F. The number of carbonyl (C=O) groups excluding carboxylic acids is 2. The minimum atomic E-state index is -5.08. The van der Waals surface area contributed by atoms with Crippen molar-refractivity contribution in [2.45, 2.75) is 12.7 Å². The monoisotopic (exact) mass is 507 g/mol. The van der Waals surface area contributed by atoms with Crippen LogP contribution in [0.5, 0.6) is 5.75 Å². The highest BCUT2D eigenvalue weighted by Gasteiger charge is 2.38. The molecule has 0 aliphatic rings. The first-order chi connectivity index (χ1) is 16.9. The average Bonchev–Trinajstić information content (AvgIpc) is 3.37. The molecule has 3 rings (SSSR count). The number of carboxylic acid groups (broad SMARTS) is 1. The molecule has 0 bridgehead atoms. The molecule has 0 saturated carbocycles. The first kappa shape index (κ1) is 27.7. The van der Waals surface area contributed by atoms with Gasteiger partial charge in [-0.3, -0.25) is 9.89 Å². The Morgan fingerprint density at radius 1 is 1.11 bits per heavy atom. The van der Waals surface area contributed by atoms with Crippen LogP contribution < -0.4 is 15.4 Å². The van der Waals surface area contributed by atoms with E-state index in [1.807, 2.05) is 30.3 Å². The molecular weight excluding hydrogens is 483 g/mol. The molecule has 192 valence electrons. The largest absolute Gasteiger partial charge is 0.497 e. The Hall–Kier alpha value is -4.55. The number of aromatic amines is 1. The lowest BCUT2D eigenvalue weighted by Gasteiger charge is -2.16. The number of nitrogens with one attached hydrogen (secondary N) is 3. The van der Waals surface area contributed by atoms with E-state index in [1.54, 1.807) is 45.7 Å². The van der Waals surface area contributed by atoms with Crippen molar-refractivity contribution in [2.24, 2.45) is 0 Å². The third kappa shape index (κ3) is 8.04. The van der Waals surface area contributed by atoms with Crippen molar-refractivity contribution in [3.05, 3.63) is 66.0 Å². The van der Waals surface area contributed by atoms with Gasteiger partial charge in [-0.25, -0.2) is 9.59 Å². The molecule has 0 aliphatic heterocycles. The second kappa shape index (κ2) is 12.2. The van der Waals surface area contributed by atoms with Crippen molar-refractivity contribution in [2.75, 3.05) is 26.5 Å². The van der Waals surface area contributed by atoms with Gasteiger partial charge in [0.05, 0.1) is 24.6 Å². The highest BCUT2D eigenvalue weighted by Crippen LogP contribution is 2.25. The van der Waals surface area contributed by atoms with Crippen LogP contribution in [0.3, 0.4) is 0 Å². The molecular formula is C23H24F3N5O5. The van der Waals surface area contributed by atoms with Gasteiger partial charge in [-0.15, -0.1) is 0 Å². The zero-order valence-electron chi connectivity index (χ0n) is 19.5. The highest BCUT2D eigenvalue weighted by molar-refractivity contribution is 6.04. The van der Waals surface area contributed by atoms with E-state index >= 15 is 0 Å². The van der Waals surface area contributed by atoms with Crippen molar-refractivity contribution in [3.63, 3.8) is 0 Å². The molecule has 13 heteroatoms. The van der Waals surface area contributed by atoms with Crippen LogP contribution in [0.1, 0.15) is 15.9 Å². The number of alkyl halides is 3. The summed E-state index contributed by atoms with van der Waals surface area (Å²) in [7, 11) is 4.93. The molecule has 1 aromatic heterocycles. The second-order valence-electron chi connectivity index (χ2n) is 7.41. The summed E-state index contributed by atoms with van der Waals surface area (Å²) < 4.78 is 36.9. The zero-order valence-corrected chi connectivity index (χ0v) is 19.5. The molecule has 10 nitrogen and oxygen atoms in total. The number of nitrogens with zero attached hydrogens (tertiary/aromatic N) is 2. The van der Waals surface area contributed by atoms with Crippen LogP contribution in [0.25, 0.3) is 11.1 Å². The van der Waals surface area contributed by atoms with Crippen molar-refractivity contribution >= 4 is 23.6 Å². The minimum Gasteiger partial charge on any atom is -0.497 e. The minimum absolute atomic E-state index is 0.210. The van der Waals surface area contributed by atoms with Crippen LogP contribution in [0.4, 0.5) is 23.7 Å². The summed E-state index contributed by atoms with van der Waals surface area (Å²) in [6, 6.07) is 12.3. The van der Waals surface area contributed by atoms with Crippen molar-refractivity contribution in [1.29, 1.82) is 0 Å². The fraction of sp³-hybridized carbons (Fsp3) is 0.217. The molecule has 0 spiro atoms. The lowest BCUT2D eigenvalue weighted by Crippen LogP contribution is -2.30. The number of halogens is 3. The number of rotatable bonds is 6. The third-order valence-corrected chi connectivity index (χ3v) is 4.57. The van der Waals surface area contributed by atoms with Gasteiger partial charge in [0, 0.05) is 32.4 Å². The van der Waals surface area contributed by atoms with Crippen LogP contribution >= 0.6 is 0 Å². The van der Waals surface area contributed by atoms with Crippen LogP contribution in [0, 0.1) is 0 Å². The van der Waals surface area contributed by atoms with Gasteiger partial charge in [0.15, 0.2) is 0 Å². The quantitative estimate of drug-likeness (QED) is 0.401. The predicted octanol–water partition coefficient (Wildman–Crippen LogP) is 3.74. The lowest BCUT2D eigenvalue weighted by atomic mass is 10.0. The molecule has 0 unspecified atom stereocenters. The number of aromatic nitrogens is 2. The molecule has 3 amide bonds. The Balaban J connectivity index is 0.000000572. The van der Waals surface area contributed by atoms with E-state index in [9.17, 15) is 22.8 Å². The van der Waals surface area contributed by atoms with E-state index in [4.69, 9.17) is 14.6 Å². The summed E-state index contributed by atoms with van der Waals surface area (Å²) in [5.74, 6) is -2.25. The van der Waals surface area contributed by atoms with Gasteiger partial charge in [-0.05, 0) is 35.4 Å². The number of aliphatic carboxylic acids is 1. The number of benzene rings is 2. The number of hydrogen-bond acceptors (Lipinski definition) is 5. The zero-order chi connectivity index (χ0) is 26.9. The first-order valence-corrected chi connectivity index (χ1v) is 10.2. The maximum atomic E-state index is 12.6. The van der Waals surface area contributed by atoms with Crippen LogP contribution in [-0.4, -0.2) is 65.5 Å². The fourth-order valence-electron chi connectivity index (χ4n) is 2.79. The predicted molar refractivity (Wildman–Crippen MR) is 125 cm³/mol. The van der Waals surface area contributed by atoms with Gasteiger partial charge in [0.25, 0.3) is 5.91 Å². The Bertz CT molecular complexity index is 1200. The number of hydrogen-bond donors (Lipinski definition) is 4. The Morgan fingerprint density at radius 2 is 1.81 bits per heavy atom. The second-order valence-corrected chi connectivity index (χ2v) is 7.41. The van der Waals surface area contributed by atoms with E-state index in [-0.39, 0.29) is 5.91 Å². The molecule has 0 saturated heterocycles. The van der Waals surface area contributed by atoms with Crippen molar-refractivity contribution in [3.8, 4) is 16.9 Å². The number of ether oxygens (including phenoxy) is 1. The number of H-pyrrole nitrogens is 1. The molecule has 2 aromatic carbocycles. The number of methoxy groups -OCH3 is 1. The van der Waals surface area contributed by atoms with Gasteiger partial charge in [-0.2, -0.15) is 18.3 Å². The number of anilines is 1. The molecule has 0 fully saturated rings. The number of carbonyl (C=O) groups is 3. The summed E-state index contributed by atoms with van der Waals surface area (Å²) in [5, 5.41) is 19.4. The molecule has 0 atom stereocenters. The third-order valence-electron chi connectivity index (χ3n) is 4.57. The first-order valence-electron chi connectivity index (χ1n) is 10.2. The normalized spacial score (nSPS) is 10.5. The molecule has 3 aromatic rings. The Kier molecular flexibility index (Phi) is 9.42. The smallest absolute Gasteiger partial charge is 0.490 e. The van der Waals surface area contributed by atoms with E-state index in [0.29, 0.717) is 17.8 Å². The molecule has 36 heavy (non-hydrogen) atoms. The maximum absolute atomic E-state index is 12.6. The molecule has 0 aliphatic carbocycles. The van der Waals surface area contributed by atoms with Crippen LogP contribution in [-0.2, 0) is 11.3 Å². The summed E-state index contributed by atoms with van der Waals surface area (Å²) in [6.07, 6.45) is -1.67. The summed E-state index contributed by atoms with van der Waals surface area (Å²) in [5.41, 5.74) is 3.40. The summed E-state index contributed by atoms with van der Waals surface area (Å²) >= 11 is 0. The van der Waals surface area contributed by atoms with Crippen LogP contribution in [0.2, 0.25) is 0 Å². The number of urea groups is 1. The van der Waals surface area contributed by atoms with Crippen LogP contribution in [0.15, 0.2) is 54.9 Å². The fourth-order valence-corrected chi connectivity index (χ4v) is 2.79. The summed E-state index contributed by atoms with van der Waals surface area (Å²) in [4.78, 5) is 35.4. The van der Waals surface area contributed by atoms with Gasteiger partial charge < -0.3 is 25.4 Å².